The molecule has 8 atom stereocenters. The average Bonchev–Trinajstić information content (AvgIpc) is 3.10. The molecule has 3 fully saturated rings. The van der Waals surface area contributed by atoms with Gasteiger partial charge < -0.3 is 9.84 Å². The van der Waals surface area contributed by atoms with Gasteiger partial charge in [0, 0.05) is 18.8 Å². The summed E-state index contributed by atoms with van der Waals surface area (Å²) in [6.07, 6.45) is 15.9. The first-order valence-electron chi connectivity index (χ1n) is 13.7. The number of aliphatic hydroxyl groups is 1. The maximum absolute atomic E-state index is 11.5. The van der Waals surface area contributed by atoms with Gasteiger partial charge in [-0.2, -0.15) is 0 Å². The van der Waals surface area contributed by atoms with Gasteiger partial charge in [0.2, 0.25) is 0 Å². The number of hydrogen-bond acceptors (Lipinski definition) is 3. The SMILES string of the molecule is CC(=O)O[C@@H]1CC[C@]2(CO)C(=CC[C@H]3[C@H]2CC[C@@]2(C)C([C@@H](C)CCCC(C)C)CC[C@H]32)C1. The van der Waals surface area contributed by atoms with E-state index >= 15 is 0 Å². The van der Waals surface area contributed by atoms with Gasteiger partial charge >= 0.3 is 5.97 Å². The van der Waals surface area contributed by atoms with Crippen molar-refractivity contribution in [3.8, 4) is 0 Å². The maximum atomic E-state index is 11.5. The zero-order valence-electron chi connectivity index (χ0n) is 21.4. The molecule has 0 bridgehead atoms. The number of carbonyl (C=O) groups is 1. The van der Waals surface area contributed by atoms with Gasteiger partial charge in [0.1, 0.15) is 6.10 Å². The largest absolute Gasteiger partial charge is 0.462 e. The smallest absolute Gasteiger partial charge is 0.302 e. The highest BCUT2D eigenvalue weighted by Crippen LogP contribution is 2.67. The Hall–Kier alpha value is -0.830. The second-order valence-corrected chi connectivity index (χ2v) is 12.7. The molecule has 3 nitrogen and oxygen atoms in total. The van der Waals surface area contributed by atoms with Crippen LogP contribution in [-0.2, 0) is 9.53 Å². The summed E-state index contributed by atoms with van der Waals surface area (Å²) in [4.78, 5) is 11.5. The normalized spacial score (nSPS) is 42.0. The molecule has 4 rings (SSSR count). The molecule has 0 spiro atoms. The number of hydrogen-bond donors (Lipinski definition) is 1. The third kappa shape index (κ3) is 4.21. The Morgan fingerprint density at radius 2 is 1.91 bits per heavy atom. The lowest BCUT2D eigenvalue weighted by atomic mass is 9.46. The van der Waals surface area contributed by atoms with Crippen LogP contribution in [0.25, 0.3) is 0 Å². The Morgan fingerprint density at radius 3 is 2.59 bits per heavy atom. The van der Waals surface area contributed by atoms with Gasteiger partial charge in [0.05, 0.1) is 6.61 Å². The minimum atomic E-state index is -0.172. The predicted octanol–water partition coefficient (Wildman–Crippen LogP) is 6.93. The molecule has 4 aliphatic carbocycles. The second kappa shape index (κ2) is 9.43. The van der Waals surface area contributed by atoms with E-state index in [1.807, 2.05) is 0 Å². The van der Waals surface area contributed by atoms with E-state index in [-0.39, 0.29) is 24.1 Å². The lowest BCUT2D eigenvalue weighted by Crippen LogP contribution is -2.53. The quantitative estimate of drug-likeness (QED) is 0.342. The van der Waals surface area contributed by atoms with Gasteiger partial charge in [-0.3, -0.25) is 4.79 Å². The summed E-state index contributed by atoms with van der Waals surface area (Å²) >= 11 is 0. The standard InChI is InChI=1S/C29H48O3/c1-19(2)7-6-8-20(3)25-11-12-26-24-10-9-22-17-23(32-21(4)31)13-16-29(22,18-30)27(24)14-15-28(25,26)5/h9,19-20,23-27,30H,6-8,10-18H2,1-5H3/t20-,23+,24+,25?,26+,27+,28-,29-/m0/s1. The van der Waals surface area contributed by atoms with Gasteiger partial charge in [0.15, 0.2) is 0 Å². The number of aliphatic hydroxyl groups excluding tert-OH is 1. The fourth-order valence-corrected chi connectivity index (χ4v) is 9.08. The van der Waals surface area contributed by atoms with Crippen molar-refractivity contribution in [2.24, 2.45) is 46.3 Å². The number of ether oxygens (including phenoxy) is 1. The minimum absolute atomic E-state index is 0.00591. The number of esters is 1. The number of carbonyl (C=O) groups excluding carboxylic acids is 1. The molecule has 1 N–H and O–H groups in total. The molecule has 0 saturated heterocycles. The number of allylic oxidation sites excluding steroid dienone is 1. The van der Waals surface area contributed by atoms with E-state index < -0.39 is 0 Å². The number of fused-ring (bicyclic) bond motifs is 5. The van der Waals surface area contributed by atoms with Crippen LogP contribution in [0.15, 0.2) is 11.6 Å². The van der Waals surface area contributed by atoms with Crippen molar-refractivity contribution in [1.82, 2.24) is 0 Å². The van der Waals surface area contributed by atoms with Crippen LogP contribution in [0.4, 0.5) is 0 Å². The van der Waals surface area contributed by atoms with Gasteiger partial charge in [-0.1, -0.05) is 58.6 Å². The summed E-state index contributed by atoms with van der Waals surface area (Å²) in [6, 6.07) is 0. The van der Waals surface area contributed by atoms with E-state index in [0.29, 0.717) is 11.3 Å². The summed E-state index contributed by atoms with van der Waals surface area (Å²) < 4.78 is 5.58. The molecular weight excluding hydrogens is 396 g/mol. The summed E-state index contributed by atoms with van der Waals surface area (Å²) in [5, 5.41) is 10.7. The maximum Gasteiger partial charge on any atom is 0.302 e. The van der Waals surface area contributed by atoms with Gasteiger partial charge in [-0.15, -0.1) is 0 Å². The minimum Gasteiger partial charge on any atom is -0.462 e. The summed E-state index contributed by atoms with van der Waals surface area (Å²) in [5.41, 5.74) is 1.83. The number of rotatable bonds is 7. The van der Waals surface area contributed by atoms with Crippen LogP contribution in [0.5, 0.6) is 0 Å². The van der Waals surface area contributed by atoms with Crippen LogP contribution in [0.2, 0.25) is 0 Å². The predicted molar refractivity (Wildman–Crippen MR) is 130 cm³/mol. The molecule has 0 radical (unpaired) electrons. The monoisotopic (exact) mass is 444 g/mol. The third-order valence-electron chi connectivity index (χ3n) is 10.6. The van der Waals surface area contributed by atoms with Gasteiger partial charge in [-0.25, -0.2) is 0 Å². The van der Waals surface area contributed by atoms with E-state index in [4.69, 9.17) is 4.74 Å². The Kier molecular flexibility index (Phi) is 7.16. The van der Waals surface area contributed by atoms with Crippen LogP contribution in [0.3, 0.4) is 0 Å². The highest BCUT2D eigenvalue weighted by molar-refractivity contribution is 5.66. The highest BCUT2D eigenvalue weighted by atomic mass is 16.5. The van der Waals surface area contributed by atoms with Crippen molar-refractivity contribution >= 4 is 5.97 Å². The molecule has 4 aliphatic rings. The molecule has 3 heteroatoms. The Balaban J connectivity index is 1.50. The molecule has 0 aromatic rings. The summed E-state index contributed by atoms with van der Waals surface area (Å²) in [7, 11) is 0. The second-order valence-electron chi connectivity index (χ2n) is 12.7. The first-order chi connectivity index (χ1) is 15.2. The zero-order chi connectivity index (χ0) is 23.1. The molecule has 3 saturated carbocycles. The molecular formula is C29H48O3. The van der Waals surface area contributed by atoms with Crippen LogP contribution in [0.1, 0.15) is 105 Å². The highest BCUT2D eigenvalue weighted by Gasteiger charge is 2.60. The van der Waals surface area contributed by atoms with E-state index in [1.54, 1.807) is 0 Å². The molecule has 0 aliphatic heterocycles. The Labute approximate surface area is 196 Å². The third-order valence-corrected chi connectivity index (χ3v) is 10.6. The molecule has 0 amide bonds. The molecule has 1 unspecified atom stereocenters. The van der Waals surface area contributed by atoms with Crippen molar-refractivity contribution in [1.29, 1.82) is 0 Å². The van der Waals surface area contributed by atoms with E-state index in [2.05, 4.69) is 33.8 Å². The lowest BCUT2D eigenvalue weighted by Gasteiger charge is -2.59. The van der Waals surface area contributed by atoms with E-state index in [9.17, 15) is 9.90 Å². The summed E-state index contributed by atoms with van der Waals surface area (Å²) in [6.45, 7) is 11.6. The Morgan fingerprint density at radius 1 is 1.12 bits per heavy atom. The van der Waals surface area contributed by atoms with Crippen LogP contribution in [0, 0.1) is 46.3 Å². The fourth-order valence-electron chi connectivity index (χ4n) is 9.08. The molecule has 0 aromatic carbocycles. The molecule has 0 heterocycles. The van der Waals surface area contributed by atoms with Crippen molar-refractivity contribution in [2.45, 2.75) is 111 Å². The first-order valence-corrected chi connectivity index (χ1v) is 13.7. The van der Waals surface area contributed by atoms with Crippen molar-refractivity contribution in [3.05, 3.63) is 11.6 Å². The van der Waals surface area contributed by atoms with Crippen LogP contribution < -0.4 is 0 Å². The van der Waals surface area contributed by atoms with E-state index in [0.717, 1.165) is 48.9 Å². The zero-order valence-corrected chi connectivity index (χ0v) is 21.4. The van der Waals surface area contributed by atoms with Crippen molar-refractivity contribution in [3.63, 3.8) is 0 Å². The lowest BCUT2D eigenvalue weighted by molar-refractivity contribution is -0.149. The molecule has 182 valence electrons. The fraction of sp³-hybridized carbons (Fsp3) is 0.897. The van der Waals surface area contributed by atoms with Crippen LogP contribution in [-0.4, -0.2) is 23.8 Å². The average molecular weight is 445 g/mol. The van der Waals surface area contributed by atoms with Gasteiger partial charge in [0.25, 0.3) is 0 Å². The van der Waals surface area contributed by atoms with Crippen molar-refractivity contribution < 1.29 is 14.6 Å². The molecule has 32 heavy (non-hydrogen) atoms. The first kappa shape index (κ1) is 24.3. The molecule has 0 aromatic heterocycles. The van der Waals surface area contributed by atoms with Crippen LogP contribution >= 0.6 is 0 Å². The summed E-state index contributed by atoms with van der Waals surface area (Å²) in [5.74, 6) is 4.50. The van der Waals surface area contributed by atoms with Crippen molar-refractivity contribution in [2.75, 3.05) is 6.61 Å². The van der Waals surface area contributed by atoms with E-state index in [1.165, 1.54) is 63.9 Å². The Bertz CT molecular complexity index is 711. The topological polar surface area (TPSA) is 46.5 Å². The van der Waals surface area contributed by atoms with Gasteiger partial charge in [-0.05, 0) is 85.9 Å².